The normalized spacial score (nSPS) is 14.2. The molecule has 1 amide bonds. The fraction of sp³-hybridized carbons (Fsp3) is 0.391. The summed E-state index contributed by atoms with van der Waals surface area (Å²) in [5, 5.41) is 4.21. The Morgan fingerprint density at radius 3 is 2.32 bits per heavy atom. The van der Waals surface area contributed by atoms with Crippen molar-refractivity contribution in [2.75, 3.05) is 52.2 Å². The van der Waals surface area contributed by atoms with E-state index in [2.05, 4.69) is 33.1 Å². The number of aryl methyl sites for hydroxylation is 1. The molecule has 0 aliphatic carbocycles. The Morgan fingerprint density at radius 2 is 1.74 bits per heavy atom. The maximum Gasteiger partial charge on any atom is 0.253 e. The first-order valence-corrected chi connectivity index (χ1v) is 10.5. The van der Waals surface area contributed by atoms with Crippen LogP contribution in [-0.4, -0.2) is 69.0 Å². The fourth-order valence-corrected chi connectivity index (χ4v) is 3.79. The van der Waals surface area contributed by atoms with Crippen molar-refractivity contribution in [1.29, 1.82) is 0 Å². The Labute approximate surface area is 207 Å². The number of rotatable bonds is 4. The van der Waals surface area contributed by atoms with Gasteiger partial charge in [0.05, 0.1) is 0 Å². The largest absolute Gasteiger partial charge is 0.368 e. The zero-order valence-corrected chi connectivity index (χ0v) is 21.6. The first kappa shape index (κ1) is 25.3. The van der Waals surface area contributed by atoms with E-state index in [1.54, 1.807) is 19.0 Å². The smallest absolute Gasteiger partial charge is 0.253 e. The minimum absolute atomic E-state index is 0. The van der Waals surface area contributed by atoms with Crippen LogP contribution in [0.15, 0.2) is 47.5 Å². The summed E-state index contributed by atoms with van der Waals surface area (Å²) in [5.74, 6) is 0.907. The Morgan fingerprint density at radius 1 is 1.10 bits per heavy atom. The predicted molar refractivity (Wildman–Crippen MR) is 140 cm³/mol. The Balaban J connectivity index is 0.00000341. The molecule has 6 nitrogen and oxygen atoms in total. The number of anilines is 1. The number of hydrogen-bond donors (Lipinski definition) is 1. The molecular weight excluding hydrogens is 525 g/mol. The number of benzene rings is 2. The van der Waals surface area contributed by atoms with Gasteiger partial charge < -0.3 is 20.0 Å². The van der Waals surface area contributed by atoms with E-state index in [0.29, 0.717) is 12.1 Å². The van der Waals surface area contributed by atoms with E-state index in [1.165, 1.54) is 11.3 Å². The number of nitrogens with zero attached hydrogens (tertiary/aromatic N) is 4. The van der Waals surface area contributed by atoms with Crippen molar-refractivity contribution in [3.63, 3.8) is 0 Å². The second-order valence-corrected chi connectivity index (χ2v) is 8.14. The number of carbonyl (C=O) groups excluding carboxylic acids is 1. The number of halogens is 2. The van der Waals surface area contributed by atoms with Crippen LogP contribution >= 0.6 is 35.6 Å². The second kappa shape index (κ2) is 11.6. The highest BCUT2D eigenvalue weighted by Gasteiger charge is 2.21. The van der Waals surface area contributed by atoms with Crippen LogP contribution in [0.2, 0.25) is 5.02 Å². The first-order valence-electron chi connectivity index (χ1n) is 10.2. The third kappa shape index (κ3) is 6.49. The zero-order valence-electron chi connectivity index (χ0n) is 18.6. The molecule has 0 bridgehead atoms. The van der Waals surface area contributed by atoms with Crippen LogP contribution in [0.3, 0.4) is 0 Å². The highest BCUT2D eigenvalue weighted by atomic mass is 127. The Kier molecular flexibility index (Phi) is 9.43. The van der Waals surface area contributed by atoms with E-state index in [9.17, 15) is 4.79 Å². The van der Waals surface area contributed by atoms with Crippen molar-refractivity contribution in [1.82, 2.24) is 15.1 Å². The molecule has 0 aromatic heterocycles. The number of guanidine groups is 1. The van der Waals surface area contributed by atoms with E-state index in [0.717, 1.165) is 42.7 Å². The SMILES string of the molecule is CN=C(NCc1ccc(C(=O)N(C)C)cc1)N1CCN(c2cc(Cl)ccc2C)CC1.I. The van der Waals surface area contributed by atoms with Crippen LogP contribution in [0.1, 0.15) is 21.5 Å². The molecule has 0 radical (unpaired) electrons. The lowest BCUT2D eigenvalue weighted by atomic mass is 10.1. The van der Waals surface area contributed by atoms with Gasteiger partial charge >= 0.3 is 0 Å². The number of piperazine rings is 1. The van der Waals surface area contributed by atoms with Crippen LogP contribution < -0.4 is 10.2 Å². The summed E-state index contributed by atoms with van der Waals surface area (Å²) >= 11 is 6.19. The first-order chi connectivity index (χ1) is 14.4. The fourth-order valence-electron chi connectivity index (χ4n) is 3.62. The molecule has 8 heteroatoms. The van der Waals surface area contributed by atoms with Gasteiger partial charge in [-0.1, -0.05) is 29.8 Å². The minimum Gasteiger partial charge on any atom is -0.368 e. The molecule has 3 rings (SSSR count). The highest BCUT2D eigenvalue weighted by Crippen LogP contribution is 2.25. The molecule has 1 fully saturated rings. The summed E-state index contributed by atoms with van der Waals surface area (Å²) in [6.45, 7) is 6.41. The van der Waals surface area contributed by atoms with Crippen LogP contribution in [0.5, 0.6) is 0 Å². The summed E-state index contributed by atoms with van der Waals surface area (Å²) in [6.07, 6.45) is 0. The molecule has 1 aliphatic heterocycles. The molecule has 1 aliphatic rings. The average Bonchev–Trinajstić information content (AvgIpc) is 2.76. The topological polar surface area (TPSA) is 51.2 Å². The molecule has 1 saturated heterocycles. The van der Waals surface area contributed by atoms with Crippen molar-refractivity contribution in [3.05, 3.63) is 64.2 Å². The average molecular weight is 556 g/mol. The highest BCUT2D eigenvalue weighted by molar-refractivity contribution is 14.0. The maximum atomic E-state index is 12.0. The Hall–Kier alpha value is -2.00. The van der Waals surface area contributed by atoms with Crippen LogP contribution in [0.25, 0.3) is 0 Å². The Bertz CT molecular complexity index is 909. The monoisotopic (exact) mass is 555 g/mol. The van der Waals surface area contributed by atoms with Gasteiger partial charge in [-0.2, -0.15) is 0 Å². The molecule has 0 unspecified atom stereocenters. The van der Waals surface area contributed by atoms with E-state index >= 15 is 0 Å². The molecule has 1 N–H and O–H groups in total. The van der Waals surface area contributed by atoms with E-state index < -0.39 is 0 Å². The molecule has 0 spiro atoms. The molecule has 0 atom stereocenters. The number of amides is 1. The third-order valence-electron chi connectivity index (χ3n) is 5.36. The van der Waals surface area contributed by atoms with Gasteiger partial charge in [0.15, 0.2) is 5.96 Å². The third-order valence-corrected chi connectivity index (χ3v) is 5.60. The molecule has 2 aromatic rings. The summed E-state index contributed by atoms with van der Waals surface area (Å²) < 4.78 is 0. The van der Waals surface area contributed by atoms with Gasteiger partial charge in [0, 0.05) is 70.1 Å². The van der Waals surface area contributed by atoms with E-state index in [-0.39, 0.29) is 29.9 Å². The molecule has 168 valence electrons. The molecule has 0 saturated carbocycles. The number of carbonyl (C=O) groups is 1. The van der Waals surface area contributed by atoms with Gasteiger partial charge in [-0.05, 0) is 42.3 Å². The summed E-state index contributed by atoms with van der Waals surface area (Å²) in [5.41, 5.74) is 4.25. The number of nitrogens with one attached hydrogen (secondary N) is 1. The van der Waals surface area contributed by atoms with E-state index in [4.69, 9.17) is 11.6 Å². The lowest BCUT2D eigenvalue weighted by molar-refractivity contribution is 0.0827. The number of aliphatic imine (C=N–C) groups is 1. The summed E-state index contributed by atoms with van der Waals surface area (Å²) in [7, 11) is 5.33. The standard InChI is InChI=1S/C23H30ClN5O.HI/c1-17-5-10-20(24)15-21(17)28-11-13-29(14-12-28)23(25-2)26-16-18-6-8-19(9-7-18)22(30)27(3)4;/h5-10,15H,11-14,16H2,1-4H3,(H,25,26);1H. The van der Waals surface area contributed by atoms with Gasteiger partial charge in [0.2, 0.25) is 0 Å². The van der Waals surface area contributed by atoms with Crippen LogP contribution in [0, 0.1) is 6.92 Å². The lowest BCUT2D eigenvalue weighted by Gasteiger charge is -2.38. The van der Waals surface area contributed by atoms with Gasteiger partial charge in [0.1, 0.15) is 0 Å². The lowest BCUT2D eigenvalue weighted by Crippen LogP contribution is -2.52. The number of hydrogen-bond acceptors (Lipinski definition) is 3. The zero-order chi connectivity index (χ0) is 21.7. The van der Waals surface area contributed by atoms with Crippen LogP contribution in [-0.2, 0) is 6.54 Å². The van der Waals surface area contributed by atoms with Gasteiger partial charge in [0.25, 0.3) is 5.91 Å². The van der Waals surface area contributed by atoms with Crippen LogP contribution in [0.4, 0.5) is 5.69 Å². The predicted octanol–water partition coefficient (Wildman–Crippen LogP) is 3.87. The summed E-state index contributed by atoms with van der Waals surface area (Å²) in [4.78, 5) is 22.7. The molecular formula is C23H31ClIN5O. The van der Waals surface area contributed by atoms with Crippen molar-refractivity contribution < 1.29 is 4.79 Å². The maximum absolute atomic E-state index is 12.0. The van der Waals surface area contributed by atoms with Crippen molar-refractivity contribution in [3.8, 4) is 0 Å². The van der Waals surface area contributed by atoms with E-state index in [1.807, 2.05) is 43.4 Å². The molecule has 2 aromatic carbocycles. The van der Waals surface area contributed by atoms with Crippen molar-refractivity contribution >= 4 is 53.1 Å². The molecule has 31 heavy (non-hydrogen) atoms. The van der Waals surface area contributed by atoms with Gasteiger partial charge in [-0.3, -0.25) is 9.79 Å². The quantitative estimate of drug-likeness (QED) is 0.354. The van der Waals surface area contributed by atoms with Crippen molar-refractivity contribution in [2.45, 2.75) is 13.5 Å². The van der Waals surface area contributed by atoms with Gasteiger partial charge in [-0.15, -0.1) is 24.0 Å². The minimum atomic E-state index is 0. The second-order valence-electron chi connectivity index (χ2n) is 7.70. The van der Waals surface area contributed by atoms with Gasteiger partial charge in [-0.25, -0.2) is 0 Å². The summed E-state index contributed by atoms with van der Waals surface area (Å²) in [6, 6.07) is 13.8. The molecule has 1 heterocycles. The van der Waals surface area contributed by atoms with Crippen molar-refractivity contribution in [2.24, 2.45) is 4.99 Å².